The molecule has 0 spiro atoms. The van der Waals surface area contributed by atoms with Crippen LogP contribution in [0.5, 0.6) is 5.75 Å². The van der Waals surface area contributed by atoms with Gasteiger partial charge in [0.25, 0.3) is 0 Å². The quantitative estimate of drug-likeness (QED) is 0.840. The topological polar surface area (TPSA) is 25.4 Å². The van der Waals surface area contributed by atoms with E-state index in [0.29, 0.717) is 4.47 Å². The van der Waals surface area contributed by atoms with Crippen LogP contribution in [0.2, 0.25) is 4.47 Å². The predicted octanol–water partition coefficient (Wildman–Crippen LogP) is 3.44. The molecular formula is C13H15ClN2OS. The fraction of sp³-hybridized carbons (Fsp3) is 0.308. The molecule has 96 valence electrons. The first-order valence-electron chi connectivity index (χ1n) is 5.59. The lowest BCUT2D eigenvalue weighted by Crippen LogP contribution is -2.16. The molecule has 0 aliphatic rings. The normalized spacial score (nSPS) is 10.9. The summed E-state index contributed by atoms with van der Waals surface area (Å²) in [5.74, 6) is 0.885. The van der Waals surface area contributed by atoms with Crippen LogP contribution in [0.25, 0.3) is 0 Å². The lowest BCUT2D eigenvalue weighted by Gasteiger charge is -2.15. The van der Waals surface area contributed by atoms with Gasteiger partial charge in [-0.15, -0.1) is 11.3 Å². The summed E-state index contributed by atoms with van der Waals surface area (Å²) in [6.07, 6.45) is 1.83. The van der Waals surface area contributed by atoms with E-state index < -0.39 is 0 Å². The van der Waals surface area contributed by atoms with E-state index in [-0.39, 0.29) is 0 Å². The molecule has 2 aromatic rings. The fourth-order valence-electron chi connectivity index (χ4n) is 1.72. The first kappa shape index (κ1) is 13.3. The van der Waals surface area contributed by atoms with Crippen molar-refractivity contribution >= 4 is 22.9 Å². The highest BCUT2D eigenvalue weighted by molar-refractivity contribution is 7.15. The molecule has 0 unspecified atom stereocenters. The Morgan fingerprint density at radius 2 is 2.00 bits per heavy atom. The molecule has 0 amide bonds. The highest BCUT2D eigenvalue weighted by atomic mass is 35.5. The van der Waals surface area contributed by atoms with Crippen molar-refractivity contribution < 1.29 is 4.74 Å². The van der Waals surface area contributed by atoms with Gasteiger partial charge in [0.05, 0.1) is 7.11 Å². The van der Waals surface area contributed by atoms with E-state index in [1.807, 2.05) is 18.3 Å². The zero-order valence-corrected chi connectivity index (χ0v) is 12.0. The molecule has 3 nitrogen and oxygen atoms in total. The molecule has 1 heterocycles. The maximum Gasteiger partial charge on any atom is 0.183 e. The number of nitrogens with zero attached hydrogens (tertiary/aromatic N) is 2. The molecule has 0 fully saturated rings. The molecule has 5 heteroatoms. The van der Waals surface area contributed by atoms with Gasteiger partial charge in [0.1, 0.15) is 5.75 Å². The van der Waals surface area contributed by atoms with Gasteiger partial charge in [0, 0.05) is 24.2 Å². The molecule has 0 bridgehead atoms. The third-order valence-electron chi connectivity index (χ3n) is 2.56. The number of rotatable bonds is 5. The highest BCUT2D eigenvalue weighted by Gasteiger charge is 2.05. The van der Waals surface area contributed by atoms with Crippen molar-refractivity contribution in [3.8, 4) is 5.75 Å². The van der Waals surface area contributed by atoms with Crippen molar-refractivity contribution in [1.82, 2.24) is 9.88 Å². The molecular weight excluding hydrogens is 268 g/mol. The van der Waals surface area contributed by atoms with Gasteiger partial charge in [0.2, 0.25) is 0 Å². The summed E-state index contributed by atoms with van der Waals surface area (Å²) >= 11 is 7.34. The third-order valence-corrected chi connectivity index (χ3v) is 3.66. The van der Waals surface area contributed by atoms with Gasteiger partial charge in [-0.3, -0.25) is 4.90 Å². The molecule has 0 atom stereocenters. The van der Waals surface area contributed by atoms with Gasteiger partial charge in [-0.2, -0.15) is 0 Å². The van der Waals surface area contributed by atoms with E-state index in [1.54, 1.807) is 7.11 Å². The summed E-state index contributed by atoms with van der Waals surface area (Å²) in [5.41, 5.74) is 1.26. The van der Waals surface area contributed by atoms with Crippen LogP contribution in [-0.4, -0.2) is 24.0 Å². The Kier molecular flexibility index (Phi) is 4.58. The van der Waals surface area contributed by atoms with Gasteiger partial charge >= 0.3 is 0 Å². The maximum atomic E-state index is 5.81. The number of thiazole rings is 1. The van der Waals surface area contributed by atoms with E-state index in [9.17, 15) is 0 Å². The monoisotopic (exact) mass is 282 g/mol. The molecule has 0 aliphatic carbocycles. The lowest BCUT2D eigenvalue weighted by molar-refractivity contribution is 0.321. The van der Waals surface area contributed by atoms with Crippen molar-refractivity contribution in [3.63, 3.8) is 0 Å². The second-order valence-corrected chi connectivity index (χ2v) is 5.80. The van der Waals surface area contributed by atoms with Gasteiger partial charge in [-0.25, -0.2) is 4.98 Å². The molecule has 0 N–H and O–H groups in total. The Hall–Kier alpha value is -1.10. The lowest BCUT2D eigenvalue weighted by atomic mass is 10.2. The van der Waals surface area contributed by atoms with Crippen LogP contribution in [0.15, 0.2) is 30.5 Å². The molecule has 0 saturated carbocycles. The van der Waals surface area contributed by atoms with Crippen LogP contribution in [0.1, 0.15) is 10.4 Å². The Bertz CT molecular complexity index is 498. The smallest absolute Gasteiger partial charge is 0.183 e. The third kappa shape index (κ3) is 3.70. The number of aromatic nitrogens is 1. The minimum absolute atomic E-state index is 0.600. The second kappa shape index (κ2) is 6.18. The number of ether oxygens (including phenoxy) is 1. The van der Waals surface area contributed by atoms with Crippen LogP contribution in [0.4, 0.5) is 0 Å². The SMILES string of the molecule is COc1ccc(CN(C)Cc2cnc(Cl)s2)cc1. The Morgan fingerprint density at radius 3 is 2.56 bits per heavy atom. The first-order chi connectivity index (χ1) is 8.67. The van der Waals surface area contributed by atoms with E-state index in [1.165, 1.54) is 21.8 Å². The van der Waals surface area contributed by atoms with E-state index >= 15 is 0 Å². The summed E-state index contributed by atoms with van der Waals surface area (Å²) in [6, 6.07) is 8.11. The number of halogens is 1. The van der Waals surface area contributed by atoms with Crippen molar-refractivity contribution in [2.75, 3.05) is 14.2 Å². The maximum absolute atomic E-state index is 5.81. The van der Waals surface area contributed by atoms with E-state index in [2.05, 4.69) is 29.1 Å². The Labute approximate surface area is 116 Å². The van der Waals surface area contributed by atoms with Gasteiger partial charge in [-0.05, 0) is 24.7 Å². The van der Waals surface area contributed by atoms with Crippen LogP contribution in [0.3, 0.4) is 0 Å². The first-order valence-corrected chi connectivity index (χ1v) is 6.78. The van der Waals surface area contributed by atoms with Crippen LogP contribution in [0, 0.1) is 0 Å². The summed E-state index contributed by atoms with van der Waals surface area (Å²) in [6.45, 7) is 1.75. The van der Waals surface area contributed by atoms with Crippen molar-refractivity contribution in [1.29, 1.82) is 0 Å². The minimum Gasteiger partial charge on any atom is -0.497 e. The van der Waals surface area contributed by atoms with Gasteiger partial charge < -0.3 is 4.74 Å². The van der Waals surface area contributed by atoms with E-state index in [4.69, 9.17) is 16.3 Å². The summed E-state index contributed by atoms with van der Waals surface area (Å²) in [5, 5.41) is 0. The molecule has 1 aromatic heterocycles. The molecule has 1 aromatic carbocycles. The number of hydrogen-bond acceptors (Lipinski definition) is 4. The molecule has 18 heavy (non-hydrogen) atoms. The molecule has 0 saturated heterocycles. The Balaban J connectivity index is 1.91. The number of benzene rings is 1. The fourth-order valence-corrected chi connectivity index (χ4v) is 2.78. The summed E-state index contributed by atoms with van der Waals surface area (Å²) in [4.78, 5) is 7.44. The standard InChI is InChI=1S/C13H15ClN2OS/c1-16(9-12-7-15-13(14)18-12)8-10-3-5-11(17-2)6-4-10/h3-7H,8-9H2,1-2H3. The summed E-state index contributed by atoms with van der Waals surface area (Å²) in [7, 11) is 3.76. The highest BCUT2D eigenvalue weighted by Crippen LogP contribution is 2.20. The molecule has 2 rings (SSSR count). The second-order valence-electron chi connectivity index (χ2n) is 4.10. The van der Waals surface area contributed by atoms with Gasteiger partial charge in [0.15, 0.2) is 4.47 Å². The predicted molar refractivity (Wildman–Crippen MR) is 75.3 cm³/mol. The Morgan fingerprint density at radius 1 is 1.28 bits per heavy atom. The average molecular weight is 283 g/mol. The van der Waals surface area contributed by atoms with Crippen LogP contribution < -0.4 is 4.74 Å². The average Bonchev–Trinajstić information content (AvgIpc) is 2.75. The number of hydrogen-bond donors (Lipinski definition) is 0. The number of methoxy groups -OCH3 is 1. The van der Waals surface area contributed by atoms with Gasteiger partial charge in [-0.1, -0.05) is 23.7 Å². The van der Waals surface area contributed by atoms with Crippen molar-refractivity contribution in [2.24, 2.45) is 0 Å². The van der Waals surface area contributed by atoms with Crippen molar-refractivity contribution in [2.45, 2.75) is 13.1 Å². The summed E-state index contributed by atoms with van der Waals surface area (Å²) < 4.78 is 5.74. The zero-order chi connectivity index (χ0) is 13.0. The van der Waals surface area contributed by atoms with Crippen LogP contribution in [-0.2, 0) is 13.1 Å². The molecule has 0 radical (unpaired) electrons. The van der Waals surface area contributed by atoms with Crippen LogP contribution >= 0.6 is 22.9 Å². The zero-order valence-electron chi connectivity index (χ0n) is 10.4. The van der Waals surface area contributed by atoms with Crippen molar-refractivity contribution in [3.05, 3.63) is 45.4 Å². The largest absolute Gasteiger partial charge is 0.497 e. The molecule has 0 aliphatic heterocycles. The van der Waals surface area contributed by atoms with E-state index in [0.717, 1.165) is 18.8 Å². The minimum atomic E-state index is 0.600.